The van der Waals surface area contributed by atoms with Crippen molar-refractivity contribution in [3.05, 3.63) is 34.9 Å². The summed E-state index contributed by atoms with van der Waals surface area (Å²) in [5.41, 5.74) is 1.68. The van der Waals surface area contributed by atoms with Crippen LogP contribution < -0.4 is 5.32 Å². The zero-order chi connectivity index (χ0) is 15.4. The number of hydrogen-bond acceptors (Lipinski definition) is 2. The molecule has 0 atom stereocenters. The summed E-state index contributed by atoms with van der Waals surface area (Å²) < 4.78 is 0.933. The maximum Gasteiger partial charge on any atom is 0.228 e. The number of pyridine rings is 1. The minimum atomic E-state index is 0.0377. The van der Waals surface area contributed by atoms with E-state index in [-0.39, 0.29) is 22.7 Å². The van der Waals surface area contributed by atoms with E-state index >= 15 is 0 Å². The molecule has 0 spiro atoms. The molecular weight excluding hydrogens is 328 g/mol. The first-order valence-corrected chi connectivity index (χ1v) is 7.89. The van der Waals surface area contributed by atoms with E-state index in [1.165, 1.54) is 0 Å². The molecule has 0 unspecified atom stereocenters. The molecule has 1 saturated carbocycles. The lowest BCUT2D eigenvalue weighted by molar-refractivity contribution is -0.118. The predicted molar refractivity (Wildman–Crippen MR) is 89.1 cm³/mol. The summed E-state index contributed by atoms with van der Waals surface area (Å²) in [7, 11) is 0. The zero-order valence-electron chi connectivity index (χ0n) is 12.7. The van der Waals surface area contributed by atoms with Crippen LogP contribution in [0.3, 0.4) is 0 Å². The Kier molecular flexibility index (Phi) is 3.14. The number of amides is 1. The number of carbonyl (C=O) groups is 1. The second-order valence-corrected chi connectivity index (χ2v) is 7.81. The highest BCUT2D eigenvalue weighted by Gasteiger charge is 2.68. The lowest BCUT2D eigenvalue weighted by atomic mass is 10.0. The Bertz CT molecular complexity index is 723. The molecule has 3 rings (SSSR count). The smallest absolute Gasteiger partial charge is 0.228 e. The molecule has 1 aromatic heterocycles. The monoisotopic (exact) mass is 346 g/mol. The number of halogens is 1. The minimum absolute atomic E-state index is 0.0377. The van der Waals surface area contributed by atoms with Gasteiger partial charge in [-0.2, -0.15) is 0 Å². The van der Waals surface area contributed by atoms with Crippen molar-refractivity contribution in [3.63, 3.8) is 0 Å². The zero-order valence-corrected chi connectivity index (χ0v) is 14.3. The quantitative estimate of drug-likeness (QED) is 0.861. The van der Waals surface area contributed by atoms with Gasteiger partial charge in [0.05, 0.1) is 11.2 Å². The third kappa shape index (κ3) is 2.16. The molecule has 4 heteroatoms. The highest BCUT2D eigenvalue weighted by molar-refractivity contribution is 9.10. The van der Waals surface area contributed by atoms with Crippen molar-refractivity contribution in [3.8, 4) is 0 Å². The number of fused-ring (bicyclic) bond motifs is 1. The van der Waals surface area contributed by atoms with Crippen molar-refractivity contribution in [2.24, 2.45) is 16.7 Å². The Morgan fingerprint density at radius 1 is 1.24 bits per heavy atom. The van der Waals surface area contributed by atoms with Crippen molar-refractivity contribution < 1.29 is 4.79 Å². The van der Waals surface area contributed by atoms with E-state index in [4.69, 9.17) is 0 Å². The lowest BCUT2D eigenvalue weighted by Gasteiger charge is -2.09. The summed E-state index contributed by atoms with van der Waals surface area (Å²) in [4.78, 5) is 17.0. The van der Waals surface area contributed by atoms with E-state index in [1.54, 1.807) is 6.20 Å². The fourth-order valence-corrected chi connectivity index (χ4v) is 3.64. The molecule has 1 fully saturated rings. The van der Waals surface area contributed by atoms with Gasteiger partial charge < -0.3 is 5.32 Å². The minimum Gasteiger partial charge on any atom is -0.324 e. The number of nitrogens with zero attached hydrogens (tertiary/aromatic N) is 1. The number of para-hydroxylation sites is 1. The van der Waals surface area contributed by atoms with E-state index in [2.05, 4.69) is 53.9 Å². The molecule has 0 saturated heterocycles. The molecular formula is C17H19BrN2O. The Morgan fingerprint density at radius 3 is 2.52 bits per heavy atom. The summed E-state index contributed by atoms with van der Waals surface area (Å²) in [5, 5.41) is 4.07. The first-order chi connectivity index (χ1) is 9.75. The van der Waals surface area contributed by atoms with E-state index in [0.29, 0.717) is 0 Å². The molecule has 2 aromatic rings. The van der Waals surface area contributed by atoms with Crippen LogP contribution >= 0.6 is 15.9 Å². The van der Waals surface area contributed by atoms with Crippen LogP contribution in [0.5, 0.6) is 0 Å². The van der Waals surface area contributed by atoms with Crippen LogP contribution in [0, 0.1) is 16.7 Å². The summed E-state index contributed by atoms with van der Waals surface area (Å²) >= 11 is 3.42. The maximum atomic E-state index is 12.6. The highest BCUT2D eigenvalue weighted by Crippen LogP contribution is 2.68. The largest absolute Gasteiger partial charge is 0.324 e. The van der Waals surface area contributed by atoms with Gasteiger partial charge in [-0.1, -0.05) is 39.8 Å². The van der Waals surface area contributed by atoms with Gasteiger partial charge in [0, 0.05) is 22.0 Å². The Hall–Kier alpha value is -1.42. The Balaban J connectivity index is 1.91. The average molecular weight is 347 g/mol. The van der Waals surface area contributed by atoms with Crippen molar-refractivity contribution in [1.82, 2.24) is 4.98 Å². The van der Waals surface area contributed by atoms with Crippen LogP contribution in [0.1, 0.15) is 27.7 Å². The summed E-state index contributed by atoms with van der Waals surface area (Å²) in [5.74, 6) is 0.123. The number of hydrogen-bond donors (Lipinski definition) is 1. The first-order valence-electron chi connectivity index (χ1n) is 7.10. The Morgan fingerprint density at radius 2 is 1.90 bits per heavy atom. The van der Waals surface area contributed by atoms with Crippen molar-refractivity contribution in [2.75, 3.05) is 5.32 Å². The molecule has 1 heterocycles. The second-order valence-electron chi connectivity index (χ2n) is 6.90. The van der Waals surface area contributed by atoms with Crippen LogP contribution in [0.4, 0.5) is 5.69 Å². The van der Waals surface area contributed by atoms with Gasteiger partial charge >= 0.3 is 0 Å². The molecule has 0 aliphatic heterocycles. The van der Waals surface area contributed by atoms with E-state index in [1.807, 2.05) is 24.3 Å². The molecule has 21 heavy (non-hydrogen) atoms. The molecule has 110 valence electrons. The van der Waals surface area contributed by atoms with Gasteiger partial charge in [-0.3, -0.25) is 9.78 Å². The van der Waals surface area contributed by atoms with Crippen LogP contribution in [0.2, 0.25) is 0 Å². The van der Waals surface area contributed by atoms with Crippen molar-refractivity contribution in [1.29, 1.82) is 0 Å². The normalized spacial score (nSPS) is 19.5. The number of nitrogens with one attached hydrogen (secondary N) is 1. The van der Waals surface area contributed by atoms with Crippen molar-refractivity contribution >= 4 is 38.4 Å². The third-order valence-corrected chi connectivity index (χ3v) is 5.65. The summed E-state index contributed by atoms with van der Waals surface area (Å²) in [6.07, 6.45) is 1.75. The van der Waals surface area contributed by atoms with Crippen LogP contribution in [-0.4, -0.2) is 10.9 Å². The number of carbonyl (C=O) groups excluding carboxylic acids is 1. The van der Waals surface area contributed by atoms with Gasteiger partial charge in [-0.05, 0) is 38.9 Å². The standard InChI is InChI=1S/C17H19BrN2O/c1-16(2)14(17(16,3)4)15(21)20-12-7-5-6-10-8-11(18)9-19-13(10)12/h5-9,14H,1-4H3,(H,20,21). The lowest BCUT2D eigenvalue weighted by Crippen LogP contribution is -2.18. The molecule has 1 amide bonds. The van der Waals surface area contributed by atoms with Gasteiger partial charge in [0.15, 0.2) is 0 Å². The van der Waals surface area contributed by atoms with E-state index in [0.717, 1.165) is 21.1 Å². The molecule has 3 nitrogen and oxygen atoms in total. The van der Waals surface area contributed by atoms with E-state index < -0.39 is 0 Å². The van der Waals surface area contributed by atoms with Gasteiger partial charge in [0.2, 0.25) is 5.91 Å². The van der Waals surface area contributed by atoms with Gasteiger partial charge in [0.25, 0.3) is 0 Å². The topological polar surface area (TPSA) is 42.0 Å². The third-order valence-electron chi connectivity index (χ3n) is 5.22. The molecule has 0 bridgehead atoms. The number of rotatable bonds is 2. The van der Waals surface area contributed by atoms with Gasteiger partial charge in [-0.25, -0.2) is 0 Å². The molecule has 1 aromatic carbocycles. The van der Waals surface area contributed by atoms with Gasteiger partial charge in [0.1, 0.15) is 0 Å². The number of benzene rings is 1. The average Bonchev–Trinajstić information content (AvgIpc) is 2.79. The molecule has 1 aliphatic carbocycles. The molecule has 0 radical (unpaired) electrons. The number of anilines is 1. The highest BCUT2D eigenvalue weighted by atomic mass is 79.9. The van der Waals surface area contributed by atoms with Crippen LogP contribution in [-0.2, 0) is 4.79 Å². The predicted octanol–water partition coefficient (Wildman–Crippen LogP) is 4.62. The molecule has 1 N–H and O–H groups in total. The SMILES string of the molecule is CC1(C)C(C(=O)Nc2cccc3cc(Br)cnc23)C1(C)C. The van der Waals surface area contributed by atoms with Gasteiger partial charge in [-0.15, -0.1) is 0 Å². The van der Waals surface area contributed by atoms with E-state index in [9.17, 15) is 4.79 Å². The number of aromatic nitrogens is 1. The fourth-order valence-electron chi connectivity index (χ4n) is 3.29. The molecule has 1 aliphatic rings. The summed E-state index contributed by atoms with van der Waals surface area (Å²) in [6, 6.07) is 7.84. The fraction of sp³-hybridized carbons (Fsp3) is 0.412. The first kappa shape index (κ1) is 14.5. The second kappa shape index (κ2) is 4.54. The summed E-state index contributed by atoms with van der Waals surface area (Å²) in [6.45, 7) is 8.59. The Labute approximate surface area is 133 Å². The van der Waals surface area contributed by atoms with Crippen LogP contribution in [0.25, 0.3) is 10.9 Å². The maximum absolute atomic E-state index is 12.6. The van der Waals surface area contributed by atoms with Crippen molar-refractivity contribution in [2.45, 2.75) is 27.7 Å². The van der Waals surface area contributed by atoms with Crippen LogP contribution in [0.15, 0.2) is 34.9 Å².